The number of fused-ring (bicyclic) bond motifs is 3. The first-order valence-corrected chi connectivity index (χ1v) is 9.12. The molecule has 1 N–H and O–H groups in total. The number of aliphatic hydroxyl groups is 1. The number of nitrogens with zero attached hydrogens (tertiary/aromatic N) is 1. The van der Waals surface area contributed by atoms with Gasteiger partial charge in [-0.3, -0.25) is 0 Å². The number of halogens is 4. The second-order valence-corrected chi connectivity index (χ2v) is 8.38. The highest BCUT2D eigenvalue weighted by Gasteiger charge is 2.39. The van der Waals surface area contributed by atoms with Crippen molar-refractivity contribution in [2.45, 2.75) is 51.7 Å². The first-order chi connectivity index (χ1) is 12.6. The fraction of sp³-hybridized carbons (Fsp3) is 0.450. The van der Waals surface area contributed by atoms with Gasteiger partial charge in [-0.15, -0.1) is 0 Å². The van der Waals surface area contributed by atoms with Crippen molar-refractivity contribution in [1.82, 2.24) is 4.98 Å². The Balaban J connectivity index is 1.76. The van der Waals surface area contributed by atoms with Crippen molar-refractivity contribution in [3.63, 3.8) is 0 Å². The Bertz CT molecular complexity index is 894. The second-order valence-electron chi connectivity index (χ2n) is 8.03. The maximum Gasteiger partial charge on any atom is 0.416 e. The minimum absolute atomic E-state index is 0.0801. The molecule has 2 heterocycles. The van der Waals surface area contributed by atoms with Gasteiger partial charge >= 0.3 is 6.18 Å². The average molecular weight is 398 g/mol. The summed E-state index contributed by atoms with van der Waals surface area (Å²) >= 11 is 6.44. The highest BCUT2D eigenvalue weighted by Crippen LogP contribution is 2.48. The van der Waals surface area contributed by atoms with Gasteiger partial charge in [0.15, 0.2) is 0 Å². The van der Waals surface area contributed by atoms with E-state index >= 15 is 0 Å². The van der Waals surface area contributed by atoms with Crippen molar-refractivity contribution < 1.29 is 23.0 Å². The Labute approximate surface area is 160 Å². The van der Waals surface area contributed by atoms with Gasteiger partial charge in [0.25, 0.3) is 0 Å². The Morgan fingerprint density at radius 1 is 1.19 bits per heavy atom. The van der Waals surface area contributed by atoms with Crippen molar-refractivity contribution in [2.24, 2.45) is 5.41 Å². The van der Waals surface area contributed by atoms with Crippen LogP contribution in [0, 0.1) is 5.41 Å². The summed E-state index contributed by atoms with van der Waals surface area (Å²) in [5.41, 5.74) is 2.80. The van der Waals surface area contributed by atoms with E-state index in [9.17, 15) is 18.3 Å². The molecule has 2 aromatic rings. The van der Waals surface area contributed by atoms with Crippen LogP contribution in [0.4, 0.5) is 13.2 Å². The number of pyridine rings is 1. The molecule has 1 aliphatic carbocycles. The van der Waals surface area contributed by atoms with E-state index in [1.54, 1.807) is 0 Å². The summed E-state index contributed by atoms with van der Waals surface area (Å²) in [6.07, 6.45) is -4.31. The largest absolute Gasteiger partial charge is 0.416 e. The average Bonchev–Trinajstić information content (AvgIpc) is 2.98. The van der Waals surface area contributed by atoms with Crippen LogP contribution in [-0.4, -0.2) is 10.1 Å². The van der Waals surface area contributed by atoms with E-state index in [0.29, 0.717) is 24.0 Å². The van der Waals surface area contributed by atoms with E-state index in [0.717, 1.165) is 29.0 Å². The van der Waals surface area contributed by atoms with Gasteiger partial charge in [-0.2, -0.15) is 13.2 Å². The van der Waals surface area contributed by atoms with Crippen LogP contribution in [0.15, 0.2) is 24.3 Å². The number of benzene rings is 1. The smallest absolute Gasteiger partial charge is 0.388 e. The Kier molecular flexibility index (Phi) is 4.29. The number of hydrogen-bond acceptors (Lipinski definition) is 3. The molecule has 0 radical (unpaired) electrons. The van der Waals surface area contributed by atoms with Gasteiger partial charge in [0.2, 0.25) is 0 Å². The van der Waals surface area contributed by atoms with Crippen LogP contribution < -0.4 is 0 Å². The maximum atomic E-state index is 12.8. The Morgan fingerprint density at radius 3 is 2.48 bits per heavy atom. The van der Waals surface area contributed by atoms with Crippen LogP contribution in [0.3, 0.4) is 0 Å². The van der Waals surface area contributed by atoms with Gasteiger partial charge in [-0.25, -0.2) is 4.98 Å². The number of aromatic nitrogens is 1. The van der Waals surface area contributed by atoms with Gasteiger partial charge in [0.05, 0.1) is 18.3 Å². The number of hydrogen-bond donors (Lipinski definition) is 1. The lowest BCUT2D eigenvalue weighted by Crippen LogP contribution is -2.28. The lowest BCUT2D eigenvalue weighted by molar-refractivity contribution is -0.137. The molecular formula is C20H19ClF3NO2. The van der Waals surface area contributed by atoms with Crippen molar-refractivity contribution in [3.8, 4) is 0 Å². The quantitative estimate of drug-likeness (QED) is 0.657. The molecule has 2 unspecified atom stereocenters. The zero-order valence-corrected chi connectivity index (χ0v) is 15.7. The second kappa shape index (κ2) is 6.19. The lowest BCUT2D eigenvalue weighted by Gasteiger charge is -2.35. The molecule has 0 spiro atoms. The third-order valence-corrected chi connectivity index (χ3v) is 5.63. The van der Waals surface area contributed by atoms with E-state index < -0.39 is 23.9 Å². The summed E-state index contributed by atoms with van der Waals surface area (Å²) < 4.78 is 44.3. The molecule has 0 saturated heterocycles. The molecule has 0 bridgehead atoms. The maximum absolute atomic E-state index is 12.8. The van der Waals surface area contributed by atoms with E-state index in [-0.39, 0.29) is 17.2 Å². The van der Waals surface area contributed by atoms with E-state index in [1.165, 1.54) is 12.1 Å². The molecular weight excluding hydrogens is 379 g/mol. The molecule has 2 atom stereocenters. The monoisotopic (exact) mass is 397 g/mol. The zero-order chi connectivity index (χ0) is 19.6. The highest BCUT2D eigenvalue weighted by molar-refractivity contribution is 6.30. The van der Waals surface area contributed by atoms with Crippen LogP contribution in [0.25, 0.3) is 0 Å². The lowest BCUT2D eigenvalue weighted by atomic mass is 9.73. The van der Waals surface area contributed by atoms with E-state index in [1.807, 2.05) is 0 Å². The predicted molar refractivity (Wildman–Crippen MR) is 94.4 cm³/mol. The fourth-order valence-corrected chi connectivity index (χ4v) is 4.46. The highest BCUT2D eigenvalue weighted by atomic mass is 35.5. The van der Waals surface area contributed by atoms with Gasteiger partial charge in [-0.1, -0.05) is 37.6 Å². The third kappa shape index (κ3) is 3.24. The molecule has 0 fully saturated rings. The Morgan fingerprint density at radius 2 is 1.85 bits per heavy atom. The molecule has 3 nitrogen and oxygen atoms in total. The van der Waals surface area contributed by atoms with Crippen LogP contribution in [-0.2, 0) is 23.9 Å². The fourth-order valence-electron chi connectivity index (χ4n) is 4.14. The van der Waals surface area contributed by atoms with Gasteiger partial charge in [0, 0.05) is 16.8 Å². The molecule has 2 aliphatic rings. The molecule has 144 valence electrons. The van der Waals surface area contributed by atoms with Crippen LogP contribution in [0.5, 0.6) is 0 Å². The minimum Gasteiger partial charge on any atom is -0.388 e. The topological polar surface area (TPSA) is 42.4 Å². The van der Waals surface area contributed by atoms with Gasteiger partial charge in [-0.05, 0) is 41.5 Å². The number of aliphatic hydroxyl groups excluding tert-OH is 1. The van der Waals surface area contributed by atoms with Crippen LogP contribution in [0.2, 0.25) is 5.15 Å². The number of rotatable bonds is 1. The van der Waals surface area contributed by atoms with E-state index in [4.69, 9.17) is 16.3 Å². The molecule has 7 heteroatoms. The first-order valence-electron chi connectivity index (χ1n) is 8.75. The summed E-state index contributed by atoms with van der Waals surface area (Å²) in [5, 5.41) is 11.0. The van der Waals surface area contributed by atoms with Crippen LogP contribution in [0.1, 0.15) is 66.0 Å². The first kappa shape index (κ1) is 18.7. The summed E-state index contributed by atoms with van der Waals surface area (Å²) in [7, 11) is 0. The normalized spacial score (nSPS) is 23.8. The van der Waals surface area contributed by atoms with E-state index in [2.05, 4.69) is 18.8 Å². The SMILES string of the molecule is CC1(C)Cc2nc(Cl)c3c(c2C(O)C1)COC3c1ccc(C(F)(F)F)cc1. The molecule has 1 aromatic heterocycles. The molecule has 4 rings (SSSR count). The molecule has 1 aliphatic heterocycles. The van der Waals surface area contributed by atoms with Crippen molar-refractivity contribution in [2.75, 3.05) is 0 Å². The zero-order valence-electron chi connectivity index (χ0n) is 14.9. The molecule has 27 heavy (non-hydrogen) atoms. The standard InChI is InChI=1S/C20H19ClF3NO2/c1-19(2)7-13-15(14(26)8-19)12-9-27-17(16(12)18(21)25-13)10-3-5-11(6-4-10)20(22,23)24/h3-6,14,17,26H,7-9H2,1-2H3. The summed E-state index contributed by atoms with van der Waals surface area (Å²) in [5.74, 6) is 0. The predicted octanol–water partition coefficient (Wildman–Crippen LogP) is 5.38. The molecule has 0 saturated carbocycles. The van der Waals surface area contributed by atoms with Crippen LogP contribution >= 0.6 is 11.6 Å². The summed E-state index contributed by atoms with van der Waals surface area (Å²) in [6, 6.07) is 4.87. The summed E-state index contributed by atoms with van der Waals surface area (Å²) in [4.78, 5) is 4.51. The minimum atomic E-state index is -4.39. The summed E-state index contributed by atoms with van der Waals surface area (Å²) in [6.45, 7) is 4.40. The molecule has 0 amide bonds. The number of ether oxygens (including phenoxy) is 1. The van der Waals surface area contributed by atoms with Gasteiger partial charge in [0.1, 0.15) is 11.3 Å². The van der Waals surface area contributed by atoms with Crippen molar-refractivity contribution >= 4 is 11.6 Å². The Hall–Kier alpha value is -1.63. The number of alkyl halides is 3. The van der Waals surface area contributed by atoms with Gasteiger partial charge < -0.3 is 9.84 Å². The molecule has 1 aromatic carbocycles. The van der Waals surface area contributed by atoms with Crippen molar-refractivity contribution in [3.05, 3.63) is 62.9 Å². The van der Waals surface area contributed by atoms with Crippen molar-refractivity contribution in [1.29, 1.82) is 0 Å². The third-order valence-electron chi connectivity index (χ3n) is 5.34.